The predicted octanol–water partition coefficient (Wildman–Crippen LogP) is 1.57. The van der Waals surface area contributed by atoms with Crippen LogP contribution in [-0.2, 0) is 21.5 Å². The van der Waals surface area contributed by atoms with Crippen molar-refractivity contribution in [2.75, 3.05) is 39.5 Å². The normalized spacial score (nSPS) is 25.3. The highest BCUT2D eigenvalue weighted by Gasteiger charge is 2.36. The summed E-state index contributed by atoms with van der Waals surface area (Å²) in [5, 5.41) is 17.6. The Balaban J connectivity index is 1.46. The van der Waals surface area contributed by atoms with Crippen molar-refractivity contribution in [1.29, 1.82) is 0 Å². The van der Waals surface area contributed by atoms with Crippen molar-refractivity contribution in [3.05, 3.63) is 35.4 Å². The molecule has 0 radical (unpaired) electrons. The first-order valence-corrected chi connectivity index (χ1v) is 9.73. The number of nitrogens with one attached hydrogen (secondary N) is 2. The highest BCUT2D eigenvalue weighted by molar-refractivity contribution is 5.79. The minimum absolute atomic E-state index is 0.258. The van der Waals surface area contributed by atoms with Crippen LogP contribution in [0.5, 0.6) is 0 Å². The summed E-state index contributed by atoms with van der Waals surface area (Å²) in [4.78, 5) is 4.62. The Morgan fingerprint density at radius 3 is 3.08 bits per heavy atom. The van der Waals surface area contributed by atoms with Gasteiger partial charge in [-0.2, -0.15) is 0 Å². The molecule has 144 valence electrons. The summed E-state index contributed by atoms with van der Waals surface area (Å²) < 4.78 is 11.1. The summed E-state index contributed by atoms with van der Waals surface area (Å²) in [6.07, 6.45) is 3.81. The van der Waals surface area contributed by atoms with Crippen molar-refractivity contribution in [2.24, 2.45) is 4.99 Å². The van der Waals surface area contributed by atoms with Gasteiger partial charge in [0.15, 0.2) is 5.96 Å². The van der Waals surface area contributed by atoms with E-state index in [1.165, 1.54) is 5.56 Å². The number of aryl methyl sites for hydroxylation is 1. The molecule has 26 heavy (non-hydrogen) atoms. The van der Waals surface area contributed by atoms with Crippen LogP contribution in [0.3, 0.4) is 0 Å². The first kappa shape index (κ1) is 19.1. The van der Waals surface area contributed by atoms with E-state index in [9.17, 15) is 5.11 Å². The Hall–Kier alpha value is -1.63. The third kappa shape index (κ3) is 4.96. The zero-order valence-electron chi connectivity index (χ0n) is 15.7. The van der Waals surface area contributed by atoms with Crippen LogP contribution in [0.1, 0.15) is 37.3 Å². The number of rotatable bonds is 8. The van der Waals surface area contributed by atoms with Gasteiger partial charge in [0.25, 0.3) is 0 Å². The summed E-state index contributed by atoms with van der Waals surface area (Å²) in [5.74, 6) is 0.745. The summed E-state index contributed by atoms with van der Waals surface area (Å²) in [6, 6.07) is 8.12. The van der Waals surface area contributed by atoms with Gasteiger partial charge in [0.05, 0.1) is 19.3 Å². The molecule has 3 rings (SSSR count). The number of hydrogen-bond donors (Lipinski definition) is 3. The lowest BCUT2D eigenvalue weighted by Crippen LogP contribution is -2.39. The molecule has 0 bridgehead atoms. The minimum atomic E-state index is -0.857. The molecule has 1 aromatic carbocycles. The van der Waals surface area contributed by atoms with Gasteiger partial charge in [0.1, 0.15) is 5.60 Å². The molecule has 6 nitrogen and oxygen atoms in total. The summed E-state index contributed by atoms with van der Waals surface area (Å²) >= 11 is 0. The molecule has 1 aromatic rings. The van der Waals surface area contributed by atoms with Crippen molar-refractivity contribution in [3.8, 4) is 0 Å². The van der Waals surface area contributed by atoms with E-state index in [0.29, 0.717) is 6.54 Å². The van der Waals surface area contributed by atoms with E-state index in [-0.39, 0.29) is 6.10 Å². The highest BCUT2D eigenvalue weighted by Crippen LogP contribution is 2.36. The second-order valence-electron chi connectivity index (χ2n) is 7.02. The molecule has 3 N–H and O–H groups in total. The quantitative estimate of drug-likeness (QED) is 0.372. The predicted molar refractivity (Wildman–Crippen MR) is 102 cm³/mol. The average molecular weight is 361 g/mol. The molecule has 1 saturated heterocycles. The molecule has 0 amide bonds. The number of ether oxygens (including phenoxy) is 2. The van der Waals surface area contributed by atoms with Crippen molar-refractivity contribution >= 4 is 5.96 Å². The molecule has 2 unspecified atom stereocenters. The molecule has 2 aliphatic rings. The van der Waals surface area contributed by atoms with E-state index >= 15 is 0 Å². The van der Waals surface area contributed by atoms with Crippen LogP contribution in [0.25, 0.3) is 0 Å². The van der Waals surface area contributed by atoms with Crippen LogP contribution in [0.2, 0.25) is 0 Å². The van der Waals surface area contributed by atoms with Gasteiger partial charge >= 0.3 is 0 Å². The molecule has 0 saturated carbocycles. The Morgan fingerprint density at radius 1 is 1.38 bits per heavy atom. The SMILES string of the molecule is CCNC(=NCC1(O)CCc2ccccc21)NCCCOC1CCOC1. The van der Waals surface area contributed by atoms with Crippen LogP contribution in [-0.4, -0.2) is 56.6 Å². The maximum Gasteiger partial charge on any atom is 0.191 e. The Kier molecular flexibility index (Phi) is 6.88. The Bertz CT molecular complexity index is 602. The summed E-state index contributed by atoms with van der Waals surface area (Å²) in [7, 11) is 0. The highest BCUT2D eigenvalue weighted by atomic mass is 16.5. The van der Waals surface area contributed by atoms with Gasteiger partial charge in [-0.1, -0.05) is 24.3 Å². The van der Waals surface area contributed by atoms with Gasteiger partial charge in [-0.15, -0.1) is 0 Å². The monoisotopic (exact) mass is 361 g/mol. The number of hydrogen-bond acceptors (Lipinski definition) is 4. The van der Waals surface area contributed by atoms with Gasteiger partial charge in [-0.05, 0) is 43.7 Å². The molecule has 1 heterocycles. The van der Waals surface area contributed by atoms with Crippen molar-refractivity contribution in [3.63, 3.8) is 0 Å². The van der Waals surface area contributed by atoms with Crippen LogP contribution in [0, 0.1) is 0 Å². The zero-order chi connectivity index (χ0) is 18.2. The van der Waals surface area contributed by atoms with Crippen LogP contribution >= 0.6 is 0 Å². The maximum absolute atomic E-state index is 11.0. The fraction of sp³-hybridized carbons (Fsp3) is 0.650. The Morgan fingerprint density at radius 2 is 2.27 bits per heavy atom. The zero-order valence-corrected chi connectivity index (χ0v) is 15.7. The lowest BCUT2D eigenvalue weighted by molar-refractivity contribution is 0.0419. The fourth-order valence-corrected chi connectivity index (χ4v) is 3.56. The van der Waals surface area contributed by atoms with Crippen molar-refractivity contribution in [2.45, 2.75) is 44.3 Å². The van der Waals surface area contributed by atoms with Gasteiger partial charge in [0.2, 0.25) is 0 Å². The van der Waals surface area contributed by atoms with E-state index in [0.717, 1.165) is 70.1 Å². The molecule has 1 aliphatic heterocycles. The van der Waals surface area contributed by atoms with Crippen molar-refractivity contribution in [1.82, 2.24) is 10.6 Å². The molecule has 2 atom stereocenters. The lowest BCUT2D eigenvalue weighted by Gasteiger charge is -2.22. The molecule has 0 aromatic heterocycles. The Labute approximate surface area is 156 Å². The number of aliphatic hydroxyl groups is 1. The van der Waals surface area contributed by atoms with E-state index in [2.05, 4.69) is 21.7 Å². The van der Waals surface area contributed by atoms with Gasteiger partial charge in [-0.25, -0.2) is 4.99 Å². The summed E-state index contributed by atoms with van der Waals surface area (Å²) in [5.41, 5.74) is 1.40. The maximum atomic E-state index is 11.0. The van der Waals surface area contributed by atoms with E-state index < -0.39 is 5.60 Å². The number of nitrogens with zero attached hydrogens (tertiary/aromatic N) is 1. The van der Waals surface area contributed by atoms with Gasteiger partial charge in [-0.3, -0.25) is 0 Å². The van der Waals surface area contributed by atoms with Gasteiger partial charge in [0, 0.05) is 26.3 Å². The summed E-state index contributed by atoms with van der Waals surface area (Å²) in [6.45, 7) is 6.24. The van der Waals surface area contributed by atoms with E-state index in [1.54, 1.807) is 0 Å². The van der Waals surface area contributed by atoms with Crippen LogP contribution in [0.4, 0.5) is 0 Å². The number of aliphatic imine (C=N–C) groups is 1. The number of guanidine groups is 1. The second kappa shape index (κ2) is 9.35. The van der Waals surface area contributed by atoms with E-state index in [4.69, 9.17) is 9.47 Å². The molecular weight excluding hydrogens is 330 g/mol. The molecule has 0 spiro atoms. The van der Waals surface area contributed by atoms with Gasteiger partial charge < -0.3 is 25.2 Å². The minimum Gasteiger partial charge on any atom is -0.383 e. The first-order chi connectivity index (χ1) is 12.7. The van der Waals surface area contributed by atoms with E-state index in [1.807, 2.05) is 25.1 Å². The average Bonchev–Trinajstić information content (AvgIpc) is 3.28. The van der Waals surface area contributed by atoms with Crippen molar-refractivity contribution < 1.29 is 14.6 Å². The largest absolute Gasteiger partial charge is 0.383 e. The van der Waals surface area contributed by atoms with Crippen LogP contribution < -0.4 is 10.6 Å². The third-order valence-corrected chi connectivity index (χ3v) is 5.02. The third-order valence-electron chi connectivity index (χ3n) is 5.02. The second-order valence-corrected chi connectivity index (χ2v) is 7.02. The molecular formula is C20H31N3O3. The molecule has 1 aliphatic carbocycles. The number of fused-ring (bicyclic) bond motifs is 1. The first-order valence-electron chi connectivity index (χ1n) is 9.73. The molecule has 6 heteroatoms. The smallest absolute Gasteiger partial charge is 0.191 e. The standard InChI is InChI=1S/C20H31N3O3/c1-2-21-19(22-11-5-12-26-17-9-13-25-14-17)23-15-20(24)10-8-16-6-3-4-7-18(16)20/h3-4,6-7,17,24H,2,5,8-15H2,1H3,(H2,21,22,23). The topological polar surface area (TPSA) is 75.1 Å². The molecule has 1 fully saturated rings. The fourth-order valence-electron chi connectivity index (χ4n) is 3.56. The number of benzene rings is 1. The lowest BCUT2D eigenvalue weighted by atomic mass is 9.96. The van der Waals surface area contributed by atoms with Crippen LogP contribution in [0.15, 0.2) is 29.3 Å².